The molecule has 3 nitrogen and oxygen atoms in total. The second-order valence-electron chi connectivity index (χ2n) is 3.02. The summed E-state index contributed by atoms with van der Waals surface area (Å²) in [6, 6.07) is 3.27. The summed E-state index contributed by atoms with van der Waals surface area (Å²) in [6.45, 7) is 0. The Bertz CT molecular complexity index is 505. The lowest BCUT2D eigenvalue weighted by atomic mass is 10.0. The number of methoxy groups -OCH3 is 1. The van der Waals surface area contributed by atoms with Crippen LogP contribution < -0.4 is 0 Å². The lowest BCUT2D eigenvalue weighted by Crippen LogP contribution is -2.16. The average molecular weight is 261 g/mol. The van der Waals surface area contributed by atoms with Gasteiger partial charge in [0.15, 0.2) is 0 Å². The number of halogens is 3. The Morgan fingerprint density at radius 1 is 1.47 bits per heavy atom. The van der Waals surface area contributed by atoms with Crippen LogP contribution >= 0.6 is 12.6 Å². The lowest BCUT2D eigenvalue weighted by molar-refractivity contribution is -0.138. The van der Waals surface area contributed by atoms with E-state index in [9.17, 15) is 18.0 Å². The smallest absolute Gasteiger partial charge is 0.417 e. The topological polar surface area (TPSA) is 50.1 Å². The molecular weight excluding hydrogens is 255 g/mol. The molecule has 1 aromatic rings. The van der Waals surface area contributed by atoms with Crippen molar-refractivity contribution >= 4 is 18.6 Å². The van der Waals surface area contributed by atoms with Crippen LogP contribution in [0.2, 0.25) is 0 Å². The molecule has 7 heteroatoms. The Hall–Kier alpha value is -1.68. The molecule has 0 atom stereocenters. The van der Waals surface area contributed by atoms with Crippen molar-refractivity contribution in [2.45, 2.75) is 11.1 Å². The summed E-state index contributed by atoms with van der Waals surface area (Å²) in [7, 11) is 0.943. The molecule has 0 spiro atoms. The van der Waals surface area contributed by atoms with Gasteiger partial charge in [0.1, 0.15) is 6.07 Å². The number of rotatable bonds is 1. The van der Waals surface area contributed by atoms with Gasteiger partial charge < -0.3 is 4.74 Å². The van der Waals surface area contributed by atoms with Gasteiger partial charge >= 0.3 is 12.1 Å². The van der Waals surface area contributed by atoms with Crippen molar-refractivity contribution in [3.05, 3.63) is 28.8 Å². The van der Waals surface area contributed by atoms with E-state index in [1.54, 1.807) is 0 Å². The van der Waals surface area contributed by atoms with Gasteiger partial charge in [-0.05, 0) is 12.1 Å². The number of carbonyl (C=O) groups is 1. The van der Waals surface area contributed by atoms with Crippen LogP contribution in [-0.4, -0.2) is 13.1 Å². The Balaban J connectivity index is 3.63. The Kier molecular flexibility index (Phi) is 3.68. The van der Waals surface area contributed by atoms with E-state index in [1.165, 1.54) is 6.07 Å². The first-order valence-electron chi connectivity index (χ1n) is 4.24. The fourth-order valence-corrected chi connectivity index (χ4v) is 1.52. The Morgan fingerprint density at radius 3 is 2.47 bits per heavy atom. The first kappa shape index (κ1) is 13.4. The molecule has 0 aliphatic heterocycles. The minimum Gasteiger partial charge on any atom is -0.465 e. The molecule has 0 N–H and O–H groups in total. The van der Waals surface area contributed by atoms with Crippen LogP contribution in [0.4, 0.5) is 13.2 Å². The third kappa shape index (κ3) is 2.71. The number of nitrogens with zero attached hydrogens (tertiary/aromatic N) is 1. The maximum absolute atomic E-state index is 12.7. The van der Waals surface area contributed by atoms with Crippen LogP contribution in [-0.2, 0) is 10.9 Å². The number of hydrogen-bond acceptors (Lipinski definition) is 4. The van der Waals surface area contributed by atoms with E-state index < -0.39 is 28.8 Å². The van der Waals surface area contributed by atoms with Gasteiger partial charge in [-0.2, -0.15) is 18.4 Å². The van der Waals surface area contributed by atoms with Crippen molar-refractivity contribution in [1.82, 2.24) is 0 Å². The SMILES string of the molecule is COC(=O)c1c(C#N)cc(S)cc1C(F)(F)F. The second kappa shape index (κ2) is 4.67. The zero-order valence-electron chi connectivity index (χ0n) is 8.50. The van der Waals surface area contributed by atoms with E-state index in [1.807, 2.05) is 0 Å². The monoisotopic (exact) mass is 261 g/mol. The summed E-state index contributed by atoms with van der Waals surface area (Å²) in [4.78, 5) is 11.2. The van der Waals surface area contributed by atoms with Gasteiger partial charge in [-0.1, -0.05) is 0 Å². The van der Waals surface area contributed by atoms with Gasteiger partial charge in [-0.3, -0.25) is 0 Å². The molecule has 1 aromatic carbocycles. The number of benzene rings is 1. The third-order valence-electron chi connectivity index (χ3n) is 1.94. The zero-order valence-corrected chi connectivity index (χ0v) is 9.39. The van der Waals surface area contributed by atoms with E-state index in [0.29, 0.717) is 6.07 Å². The van der Waals surface area contributed by atoms with Crippen molar-refractivity contribution in [2.24, 2.45) is 0 Å². The maximum atomic E-state index is 12.7. The van der Waals surface area contributed by atoms with Crippen LogP contribution in [0.15, 0.2) is 17.0 Å². The highest BCUT2D eigenvalue weighted by atomic mass is 32.1. The van der Waals surface area contributed by atoms with Crippen LogP contribution in [0.3, 0.4) is 0 Å². The van der Waals surface area contributed by atoms with Crippen LogP contribution in [0.25, 0.3) is 0 Å². The zero-order chi connectivity index (χ0) is 13.2. The van der Waals surface area contributed by atoms with Crippen molar-refractivity contribution in [3.63, 3.8) is 0 Å². The molecule has 0 bridgehead atoms. The first-order valence-corrected chi connectivity index (χ1v) is 4.68. The number of ether oxygens (including phenoxy) is 1. The number of thiol groups is 1. The minimum atomic E-state index is -4.76. The van der Waals surface area contributed by atoms with E-state index in [4.69, 9.17) is 5.26 Å². The predicted molar refractivity (Wildman–Crippen MR) is 54.8 cm³/mol. The number of carbonyl (C=O) groups excluding carboxylic acids is 1. The van der Waals surface area contributed by atoms with Gasteiger partial charge in [0.2, 0.25) is 0 Å². The molecule has 0 aromatic heterocycles. The predicted octanol–water partition coefficient (Wildman–Crippen LogP) is 2.65. The van der Waals surface area contributed by atoms with Crippen molar-refractivity contribution in [2.75, 3.05) is 7.11 Å². The fraction of sp³-hybridized carbons (Fsp3) is 0.200. The molecule has 1 rings (SSSR count). The van der Waals surface area contributed by atoms with Gasteiger partial charge in [0.25, 0.3) is 0 Å². The maximum Gasteiger partial charge on any atom is 0.417 e. The van der Waals surface area contributed by atoms with Crippen LogP contribution in [0, 0.1) is 11.3 Å². The average Bonchev–Trinajstić information content (AvgIpc) is 2.25. The standard InChI is InChI=1S/C10H6F3NO2S/c1-16-9(15)8-5(4-14)2-6(17)3-7(8)10(11,12)13/h2-3,17H,1H3. The molecule has 0 aliphatic carbocycles. The molecule has 0 saturated heterocycles. The van der Waals surface area contributed by atoms with Gasteiger partial charge in [0.05, 0.1) is 23.8 Å². The molecule has 0 aliphatic rings. The molecule has 0 heterocycles. The molecule has 0 radical (unpaired) electrons. The summed E-state index contributed by atoms with van der Waals surface area (Å²) < 4.78 is 42.3. The van der Waals surface area contributed by atoms with Crippen molar-refractivity contribution in [3.8, 4) is 6.07 Å². The van der Waals surface area contributed by atoms with Gasteiger partial charge in [-0.25, -0.2) is 4.79 Å². The molecule has 0 amide bonds. The lowest BCUT2D eigenvalue weighted by Gasteiger charge is -2.13. The number of esters is 1. The third-order valence-corrected chi connectivity index (χ3v) is 2.20. The van der Waals surface area contributed by atoms with E-state index in [-0.39, 0.29) is 4.90 Å². The summed E-state index contributed by atoms with van der Waals surface area (Å²) >= 11 is 3.75. The van der Waals surface area contributed by atoms with Crippen molar-refractivity contribution in [1.29, 1.82) is 5.26 Å². The second-order valence-corrected chi connectivity index (χ2v) is 3.53. The fourth-order valence-electron chi connectivity index (χ4n) is 1.26. The number of hydrogen-bond donors (Lipinski definition) is 1. The van der Waals surface area contributed by atoms with E-state index in [2.05, 4.69) is 17.4 Å². The van der Waals surface area contributed by atoms with E-state index in [0.717, 1.165) is 13.2 Å². The number of nitriles is 1. The molecule has 0 fully saturated rings. The molecule has 90 valence electrons. The largest absolute Gasteiger partial charge is 0.465 e. The Labute approximate surface area is 100 Å². The van der Waals surface area contributed by atoms with Gasteiger partial charge in [-0.15, -0.1) is 12.6 Å². The highest BCUT2D eigenvalue weighted by Gasteiger charge is 2.37. The highest BCUT2D eigenvalue weighted by Crippen LogP contribution is 2.35. The van der Waals surface area contributed by atoms with E-state index >= 15 is 0 Å². The summed E-state index contributed by atoms with van der Waals surface area (Å²) in [5, 5.41) is 8.72. The highest BCUT2D eigenvalue weighted by molar-refractivity contribution is 7.80. The van der Waals surface area contributed by atoms with Crippen molar-refractivity contribution < 1.29 is 22.7 Å². The first-order chi connectivity index (χ1) is 7.81. The quantitative estimate of drug-likeness (QED) is 0.624. The van der Waals surface area contributed by atoms with Crippen LogP contribution in [0.1, 0.15) is 21.5 Å². The molecule has 17 heavy (non-hydrogen) atoms. The Morgan fingerprint density at radius 2 is 2.06 bits per heavy atom. The normalized spacial score (nSPS) is 10.8. The summed E-state index contributed by atoms with van der Waals surface area (Å²) in [5.74, 6) is -1.21. The molecule has 0 unspecified atom stereocenters. The molecule has 0 saturated carbocycles. The van der Waals surface area contributed by atoms with Gasteiger partial charge in [0, 0.05) is 4.90 Å². The minimum absolute atomic E-state index is 0.0541. The number of alkyl halides is 3. The summed E-state index contributed by atoms with van der Waals surface area (Å²) in [5.41, 5.74) is -2.44. The molecular formula is C10H6F3NO2S. The van der Waals surface area contributed by atoms with Crippen LogP contribution in [0.5, 0.6) is 0 Å². The summed E-state index contributed by atoms with van der Waals surface area (Å²) in [6.07, 6.45) is -4.76.